The van der Waals surface area contributed by atoms with Crippen molar-refractivity contribution in [2.24, 2.45) is 0 Å². The highest BCUT2D eigenvalue weighted by molar-refractivity contribution is 5.86. The Morgan fingerprint density at radius 2 is 1.81 bits per heavy atom. The number of Topliss-reactive ketones (excluding diaryl/α,β-unsaturated/α-hetero) is 1. The van der Waals surface area contributed by atoms with E-state index in [4.69, 9.17) is 9.84 Å². The maximum absolute atomic E-state index is 11.4. The molecule has 0 saturated heterocycles. The quantitative estimate of drug-likeness (QED) is 0.444. The van der Waals surface area contributed by atoms with E-state index in [2.05, 4.69) is 0 Å². The van der Waals surface area contributed by atoms with Crippen LogP contribution in [0, 0.1) is 0 Å². The van der Waals surface area contributed by atoms with Gasteiger partial charge in [0.25, 0.3) is 0 Å². The Hall–Kier alpha value is -0.530. The summed E-state index contributed by atoms with van der Waals surface area (Å²) >= 11 is 0. The highest BCUT2D eigenvalue weighted by Gasteiger charge is 2.54. The molecule has 16 heavy (non-hydrogen) atoms. The van der Waals surface area contributed by atoms with E-state index in [1.807, 2.05) is 0 Å². The number of hydrogen-bond acceptors (Lipinski definition) is 6. The lowest BCUT2D eigenvalue weighted by Gasteiger charge is -2.43. The minimum Gasteiger partial charge on any atom is -0.394 e. The van der Waals surface area contributed by atoms with Gasteiger partial charge in [0.1, 0.15) is 17.8 Å². The Bertz CT molecular complexity index is 252. The smallest absolute Gasteiger partial charge is 0.164 e. The van der Waals surface area contributed by atoms with E-state index in [9.17, 15) is 20.1 Å². The van der Waals surface area contributed by atoms with Crippen molar-refractivity contribution in [3.05, 3.63) is 0 Å². The molecule has 0 spiro atoms. The summed E-state index contributed by atoms with van der Waals surface area (Å²) in [5.41, 5.74) is -3.68. The SMILES string of the molecule is CO[C@@](C)(C(C)=O)[C@@](C)(O)[C@H](O)[C@H](O)CO. The predicted molar refractivity (Wildman–Crippen MR) is 55.8 cm³/mol. The molecule has 4 atom stereocenters. The minimum absolute atomic E-state index is 0.496. The van der Waals surface area contributed by atoms with Gasteiger partial charge in [0, 0.05) is 7.11 Å². The lowest BCUT2D eigenvalue weighted by molar-refractivity contribution is -0.217. The number of aliphatic hydroxyl groups is 4. The van der Waals surface area contributed by atoms with Crippen LogP contribution in [0.4, 0.5) is 0 Å². The third-order valence-electron chi connectivity index (χ3n) is 3.17. The fourth-order valence-electron chi connectivity index (χ4n) is 1.46. The molecule has 0 aromatic carbocycles. The van der Waals surface area contributed by atoms with E-state index in [0.717, 1.165) is 0 Å². The fraction of sp³-hybridized carbons (Fsp3) is 0.900. The summed E-state index contributed by atoms with van der Waals surface area (Å²) < 4.78 is 4.93. The van der Waals surface area contributed by atoms with E-state index < -0.39 is 35.8 Å². The molecular formula is C10H20O6. The molecule has 0 saturated carbocycles. The van der Waals surface area contributed by atoms with Gasteiger partial charge in [-0.15, -0.1) is 0 Å². The highest BCUT2D eigenvalue weighted by Crippen LogP contribution is 2.31. The first-order valence-corrected chi connectivity index (χ1v) is 4.90. The van der Waals surface area contributed by atoms with Crippen molar-refractivity contribution in [3.8, 4) is 0 Å². The van der Waals surface area contributed by atoms with Crippen LogP contribution in [-0.2, 0) is 9.53 Å². The van der Waals surface area contributed by atoms with Crippen LogP contribution in [-0.4, -0.2) is 63.3 Å². The van der Waals surface area contributed by atoms with Crippen molar-refractivity contribution in [2.75, 3.05) is 13.7 Å². The average molecular weight is 236 g/mol. The van der Waals surface area contributed by atoms with Gasteiger partial charge in [0.15, 0.2) is 11.4 Å². The van der Waals surface area contributed by atoms with Crippen molar-refractivity contribution in [2.45, 2.75) is 44.2 Å². The monoisotopic (exact) mass is 236 g/mol. The summed E-state index contributed by atoms with van der Waals surface area (Å²) in [7, 11) is 1.22. The number of ketones is 1. The van der Waals surface area contributed by atoms with E-state index in [-0.39, 0.29) is 0 Å². The second-order valence-electron chi connectivity index (χ2n) is 4.14. The van der Waals surface area contributed by atoms with Gasteiger partial charge in [-0.25, -0.2) is 0 Å². The first kappa shape index (κ1) is 15.5. The van der Waals surface area contributed by atoms with Crippen molar-refractivity contribution in [1.29, 1.82) is 0 Å². The van der Waals surface area contributed by atoms with E-state index in [0.29, 0.717) is 0 Å². The second kappa shape index (κ2) is 5.20. The molecule has 0 aromatic heterocycles. The first-order chi connectivity index (χ1) is 7.15. The van der Waals surface area contributed by atoms with Gasteiger partial charge in [0.2, 0.25) is 0 Å². The van der Waals surface area contributed by atoms with Gasteiger partial charge in [-0.3, -0.25) is 4.79 Å². The van der Waals surface area contributed by atoms with Crippen molar-refractivity contribution in [1.82, 2.24) is 0 Å². The summed E-state index contributed by atoms with van der Waals surface area (Å²) in [5, 5.41) is 37.8. The molecule has 0 aromatic rings. The van der Waals surface area contributed by atoms with E-state index >= 15 is 0 Å². The van der Waals surface area contributed by atoms with Gasteiger partial charge in [-0.1, -0.05) is 0 Å². The molecule has 4 N–H and O–H groups in total. The molecule has 0 bridgehead atoms. The normalized spacial score (nSPS) is 23.0. The molecule has 0 unspecified atom stereocenters. The first-order valence-electron chi connectivity index (χ1n) is 4.90. The molecular weight excluding hydrogens is 216 g/mol. The second-order valence-corrected chi connectivity index (χ2v) is 4.14. The van der Waals surface area contributed by atoms with Crippen LogP contribution < -0.4 is 0 Å². The topological polar surface area (TPSA) is 107 Å². The molecule has 0 aliphatic rings. The van der Waals surface area contributed by atoms with Gasteiger partial charge in [0.05, 0.1) is 6.61 Å². The molecule has 0 heterocycles. The van der Waals surface area contributed by atoms with Gasteiger partial charge in [-0.2, -0.15) is 0 Å². The molecule has 0 fully saturated rings. The van der Waals surface area contributed by atoms with Gasteiger partial charge in [-0.05, 0) is 20.8 Å². The third-order valence-corrected chi connectivity index (χ3v) is 3.17. The standard InChI is InChI=1S/C10H20O6/c1-6(12)10(3,16-4)9(2,15)8(14)7(13)5-11/h7-8,11,13-15H,5H2,1-4H3/t7-,8-,9+,10+/m1/s1. The zero-order chi connectivity index (χ0) is 13.1. The molecule has 0 radical (unpaired) electrons. The van der Waals surface area contributed by atoms with Gasteiger partial charge >= 0.3 is 0 Å². The van der Waals surface area contributed by atoms with Crippen molar-refractivity contribution >= 4 is 5.78 Å². The summed E-state index contributed by atoms with van der Waals surface area (Å²) in [4.78, 5) is 11.4. The molecule has 96 valence electrons. The summed E-state index contributed by atoms with van der Waals surface area (Å²) in [6, 6.07) is 0. The van der Waals surface area contributed by atoms with E-state index in [1.54, 1.807) is 0 Å². The summed E-state index contributed by atoms with van der Waals surface area (Å²) in [5.74, 6) is -0.496. The Morgan fingerprint density at radius 3 is 2.06 bits per heavy atom. The number of hydrogen-bond donors (Lipinski definition) is 4. The van der Waals surface area contributed by atoms with Gasteiger partial charge < -0.3 is 25.2 Å². The zero-order valence-corrected chi connectivity index (χ0v) is 9.97. The van der Waals surface area contributed by atoms with Crippen LogP contribution in [0.1, 0.15) is 20.8 Å². The number of rotatable bonds is 6. The van der Waals surface area contributed by atoms with Crippen LogP contribution in [0.15, 0.2) is 0 Å². The minimum atomic E-state index is -2.02. The number of aliphatic hydroxyl groups excluding tert-OH is 3. The molecule has 0 aliphatic heterocycles. The van der Waals surface area contributed by atoms with Crippen LogP contribution >= 0.6 is 0 Å². The summed E-state index contributed by atoms with van der Waals surface area (Å²) in [6.07, 6.45) is -3.25. The molecule has 6 nitrogen and oxygen atoms in total. The van der Waals surface area contributed by atoms with Crippen LogP contribution in [0.3, 0.4) is 0 Å². The molecule has 6 heteroatoms. The average Bonchev–Trinajstić information content (AvgIpc) is 2.24. The Labute approximate surface area is 94.5 Å². The lowest BCUT2D eigenvalue weighted by atomic mass is 9.77. The van der Waals surface area contributed by atoms with Crippen LogP contribution in [0.25, 0.3) is 0 Å². The zero-order valence-electron chi connectivity index (χ0n) is 9.97. The fourth-order valence-corrected chi connectivity index (χ4v) is 1.46. The number of ether oxygens (including phenoxy) is 1. The largest absolute Gasteiger partial charge is 0.394 e. The predicted octanol–water partition coefficient (Wildman–Crippen LogP) is -1.55. The Morgan fingerprint density at radius 1 is 1.38 bits per heavy atom. The number of carbonyl (C=O) groups is 1. The molecule has 0 rings (SSSR count). The molecule has 0 amide bonds. The number of carbonyl (C=O) groups excluding carboxylic acids is 1. The summed E-state index contributed by atoms with van der Waals surface area (Å²) in [6.45, 7) is 2.95. The van der Waals surface area contributed by atoms with Crippen LogP contribution in [0.5, 0.6) is 0 Å². The van der Waals surface area contributed by atoms with E-state index in [1.165, 1.54) is 27.9 Å². The Kier molecular flexibility index (Phi) is 5.03. The maximum atomic E-state index is 11.4. The van der Waals surface area contributed by atoms with Crippen molar-refractivity contribution in [3.63, 3.8) is 0 Å². The maximum Gasteiger partial charge on any atom is 0.164 e. The van der Waals surface area contributed by atoms with Crippen LogP contribution in [0.2, 0.25) is 0 Å². The van der Waals surface area contributed by atoms with Crippen molar-refractivity contribution < 1.29 is 30.0 Å². The highest BCUT2D eigenvalue weighted by atomic mass is 16.5. The Balaban J connectivity index is 5.22. The molecule has 0 aliphatic carbocycles. The third kappa shape index (κ3) is 2.41. The lowest BCUT2D eigenvalue weighted by Crippen LogP contribution is -2.65. The number of methoxy groups -OCH3 is 1.